The Balaban J connectivity index is 1.80. The Morgan fingerprint density at radius 1 is 1.10 bits per heavy atom. The highest BCUT2D eigenvalue weighted by atomic mass is 16.2. The second-order valence-electron chi connectivity index (χ2n) is 7.40. The molecular formula is C16H31N3O. The second kappa shape index (κ2) is 6.90. The van der Waals surface area contributed by atoms with E-state index in [4.69, 9.17) is 0 Å². The summed E-state index contributed by atoms with van der Waals surface area (Å²) in [5.41, 5.74) is 0.401. The molecule has 0 aromatic carbocycles. The topological polar surface area (TPSA) is 35.6 Å². The molecule has 1 atom stereocenters. The number of amides is 1. The maximum atomic E-state index is 12.3. The Hall–Kier alpha value is -0.610. The summed E-state index contributed by atoms with van der Waals surface area (Å²) >= 11 is 0. The van der Waals surface area contributed by atoms with E-state index >= 15 is 0 Å². The van der Waals surface area contributed by atoms with Crippen molar-refractivity contribution < 1.29 is 4.79 Å². The number of carbonyl (C=O) groups is 1. The van der Waals surface area contributed by atoms with Crippen molar-refractivity contribution in [3.05, 3.63) is 0 Å². The predicted molar refractivity (Wildman–Crippen MR) is 82.7 cm³/mol. The van der Waals surface area contributed by atoms with E-state index in [0.717, 1.165) is 45.2 Å². The third-order valence-electron chi connectivity index (χ3n) is 4.87. The van der Waals surface area contributed by atoms with E-state index in [0.29, 0.717) is 17.9 Å². The van der Waals surface area contributed by atoms with Crippen molar-refractivity contribution in [2.24, 2.45) is 11.3 Å². The first-order valence-corrected chi connectivity index (χ1v) is 8.17. The minimum absolute atomic E-state index is 0.320. The van der Waals surface area contributed by atoms with Crippen LogP contribution < -0.4 is 5.32 Å². The molecule has 116 valence electrons. The van der Waals surface area contributed by atoms with Crippen LogP contribution in [0.1, 0.15) is 40.0 Å². The summed E-state index contributed by atoms with van der Waals surface area (Å²) in [6.45, 7) is 13.5. The highest BCUT2D eigenvalue weighted by Crippen LogP contribution is 2.34. The quantitative estimate of drug-likeness (QED) is 0.834. The summed E-state index contributed by atoms with van der Waals surface area (Å²) in [6, 6.07) is 0. The van der Waals surface area contributed by atoms with Gasteiger partial charge in [0.15, 0.2) is 0 Å². The van der Waals surface area contributed by atoms with E-state index in [1.165, 1.54) is 19.3 Å². The maximum Gasteiger partial charge on any atom is 0.236 e. The maximum absolute atomic E-state index is 12.3. The number of nitrogens with one attached hydrogen (secondary N) is 1. The first-order valence-electron chi connectivity index (χ1n) is 8.17. The zero-order valence-corrected chi connectivity index (χ0v) is 13.5. The van der Waals surface area contributed by atoms with Crippen LogP contribution in [0.3, 0.4) is 0 Å². The molecule has 2 aliphatic heterocycles. The van der Waals surface area contributed by atoms with Gasteiger partial charge in [0.25, 0.3) is 0 Å². The number of carbonyl (C=O) groups excluding carboxylic acids is 1. The molecule has 2 fully saturated rings. The number of rotatable bonds is 2. The van der Waals surface area contributed by atoms with Gasteiger partial charge in [-0.15, -0.1) is 0 Å². The van der Waals surface area contributed by atoms with Crippen LogP contribution in [0.4, 0.5) is 0 Å². The molecule has 0 aromatic rings. The van der Waals surface area contributed by atoms with Crippen LogP contribution in [-0.4, -0.2) is 61.5 Å². The van der Waals surface area contributed by atoms with Gasteiger partial charge in [-0.25, -0.2) is 0 Å². The lowest BCUT2D eigenvalue weighted by Gasteiger charge is -2.31. The molecule has 0 spiro atoms. The molecular weight excluding hydrogens is 250 g/mol. The number of hydrogen-bond donors (Lipinski definition) is 1. The average molecular weight is 281 g/mol. The Bertz CT molecular complexity index is 318. The van der Waals surface area contributed by atoms with Crippen molar-refractivity contribution in [3.63, 3.8) is 0 Å². The summed E-state index contributed by atoms with van der Waals surface area (Å²) in [5, 5.41) is 3.30. The molecule has 20 heavy (non-hydrogen) atoms. The molecule has 0 aromatic heterocycles. The van der Waals surface area contributed by atoms with Crippen molar-refractivity contribution >= 4 is 5.91 Å². The Morgan fingerprint density at radius 3 is 2.45 bits per heavy atom. The predicted octanol–water partition coefficient (Wildman–Crippen LogP) is 1.57. The van der Waals surface area contributed by atoms with E-state index < -0.39 is 0 Å². The second-order valence-corrected chi connectivity index (χ2v) is 7.40. The van der Waals surface area contributed by atoms with E-state index in [-0.39, 0.29) is 0 Å². The number of nitrogens with zero attached hydrogens (tertiary/aromatic N) is 2. The smallest absolute Gasteiger partial charge is 0.236 e. The normalized spacial score (nSPS) is 26.4. The monoisotopic (exact) mass is 281 g/mol. The summed E-state index contributed by atoms with van der Waals surface area (Å²) < 4.78 is 0. The summed E-state index contributed by atoms with van der Waals surface area (Å²) in [6.07, 6.45) is 3.77. The first-order chi connectivity index (χ1) is 9.47. The molecule has 1 amide bonds. The van der Waals surface area contributed by atoms with Crippen LogP contribution in [-0.2, 0) is 4.79 Å². The molecule has 2 heterocycles. The van der Waals surface area contributed by atoms with Crippen LogP contribution in [0, 0.1) is 11.3 Å². The highest BCUT2D eigenvalue weighted by Gasteiger charge is 2.28. The molecule has 1 unspecified atom stereocenters. The lowest BCUT2D eigenvalue weighted by atomic mass is 9.77. The minimum Gasteiger partial charge on any atom is -0.339 e. The fourth-order valence-electron chi connectivity index (χ4n) is 3.39. The van der Waals surface area contributed by atoms with E-state index in [9.17, 15) is 4.79 Å². The Morgan fingerprint density at radius 2 is 1.80 bits per heavy atom. The molecule has 2 saturated heterocycles. The van der Waals surface area contributed by atoms with Gasteiger partial charge in [-0.3, -0.25) is 9.69 Å². The van der Waals surface area contributed by atoms with E-state index in [1.807, 2.05) is 4.90 Å². The molecule has 4 nitrogen and oxygen atoms in total. The van der Waals surface area contributed by atoms with Crippen molar-refractivity contribution in [3.8, 4) is 0 Å². The highest BCUT2D eigenvalue weighted by molar-refractivity contribution is 5.78. The number of piperazine rings is 1. The van der Waals surface area contributed by atoms with Gasteiger partial charge in [-0.2, -0.15) is 0 Å². The fraction of sp³-hybridized carbons (Fsp3) is 0.938. The molecule has 1 N–H and O–H groups in total. The summed E-state index contributed by atoms with van der Waals surface area (Å²) in [7, 11) is 0. The van der Waals surface area contributed by atoms with Crippen LogP contribution in [0.15, 0.2) is 0 Å². The Kier molecular flexibility index (Phi) is 5.44. The largest absolute Gasteiger partial charge is 0.339 e. The number of likely N-dealkylation sites (tertiary alicyclic amines) is 1. The third-order valence-corrected chi connectivity index (χ3v) is 4.87. The van der Waals surface area contributed by atoms with Gasteiger partial charge in [0.1, 0.15) is 0 Å². The third kappa shape index (κ3) is 4.45. The van der Waals surface area contributed by atoms with Crippen LogP contribution in [0.2, 0.25) is 0 Å². The zero-order chi connectivity index (χ0) is 14.6. The van der Waals surface area contributed by atoms with Gasteiger partial charge in [0, 0.05) is 26.2 Å². The standard InChI is InChI=1S/C16H31N3O/c1-16(2,3)14-5-4-9-18(10-6-14)13-15(20)19-11-7-17-8-12-19/h14,17H,4-13H2,1-3H3. The molecule has 0 radical (unpaired) electrons. The van der Waals surface area contributed by atoms with E-state index in [1.54, 1.807) is 0 Å². The van der Waals surface area contributed by atoms with Gasteiger partial charge in [-0.05, 0) is 43.7 Å². The average Bonchev–Trinajstić information content (AvgIpc) is 2.65. The van der Waals surface area contributed by atoms with Crippen molar-refractivity contribution in [2.45, 2.75) is 40.0 Å². The molecule has 2 aliphatic rings. The van der Waals surface area contributed by atoms with Gasteiger partial charge < -0.3 is 10.2 Å². The van der Waals surface area contributed by atoms with Gasteiger partial charge in [0.2, 0.25) is 5.91 Å². The lowest BCUT2D eigenvalue weighted by Crippen LogP contribution is -2.49. The molecule has 0 bridgehead atoms. The molecule has 0 aliphatic carbocycles. The van der Waals surface area contributed by atoms with Crippen molar-refractivity contribution in [2.75, 3.05) is 45.8 Å². The molecule has 2 rings (SSSR count). The van der Waals surface area contributed by atoms with Gasteiger partial charge in [0.05, 0.1) is 6.54 Å². The SMILES string of the molecule is CC(C)(C)C1CCCN(CC(=O)N2CCNCC2)CC1. The summed E-state index contributed by atoms with van der Waals surface area (Å²) in [4.78, 5) is 16.7. The summed E-state index contributed by atoms with van der Waals surface area (Å²) in [5.74, 6) is 1.11. The Labute approximate surface area is 123 Å². The van der Waals surface area contributed by atoms with Crippen molar-refractivity contribution in [1.29, 1.82) is 0 Å². The van der Waals surface area contributed by atoms with Gasteiger partial charge >= 0.3 is 0 Å². The minimum atomic E-state index is 0.320. The van der Waals surface area contributed by atoms with Crippen LogP contribution in [0.5, 0.6) is 0 Å². The lowest BCUT2D eigenvalue weighted by molar-refractivity contribution is -0.133. The zero-order valence-electron chi connectivity index (χ0n) is 13.5. The van der Waals surface area contributed by atoms with Crippen LogP contribution >= 0.6 is 0 Å². The molecule has 4 heteroatoms. The van der Waals surface area contributed by atoms with Gasteiger partial charge in [-0.1, -0.05) is 20.8 Å². The van der Waals surface area contributed by atoms with Crippen LogP contribution in [0.25, 0.3) is 0 Å². The van der Waals surface area contributed by atoms with E-state index in [2.05, 4.69) is 31.0 Å². The first kappa shape index (κ1) is 15.8. The molecule has 0 saturated carbocycles. The number of hydrogen-bond acceptors (Lipinski definition) is 3. The fourth-order valence-corrected chi connectivity index (χ4v) is 3.39. The van der Waals surface area contributed by atoms with Crippen molar-refractivity contribution in [1.82, 2.24) is 15.1 Å².